The highest BCUT2D eigenvalue weighted by atomic mass is 16.5. The number of aliphatic hydroxyl groups excluding tert-OH is 1. The van der Waals surface area contributed by atoms with Crippen LogP contribution in [0.15, 0.2) is 60.3 Å². The quantitative estimate of drug-likeness (QED) is 0.209. The number of benzene rings is 2. The van der Waals surface area contributed by atoms with E-state index in [-0.39, 0.29) is 11.3 Å². The molecule has 34 heavy (non-hydrogen) atoms. The Balaban J connectivity index is 1.77. The summed E-state index contributed by atoms with van der Waals surface area (Å²) in [4.78, 5) is 31.0. The van der Waals surface area contributed by atoms with E-state index in [4.69, 9.17) is 9.47 Å². The van der Waals surface area contributed by atoms with Gasteiger partial charge in [-0.3, -0.25) is 9.59 Å². The number of aliphatic hydroxyl groups is 1. The van der Waals surface area contributed by atoms with Gasteiger partial charge in [0.15, 0.2) is 0 Å². The number of H-pyrrole nitrogens is 1. The van der Waals surface area contributed by atoms with Crippen LogP contribution in [0.2, 0.25) is 0 Å². The molecule has 0 bridgehead atoms. The smallest absolute Gasteiger partial charge is 0.295 e. The maximum absolute atomic E-state index is 13.2. The molecular weight excluding hydrogens is 432 g/mol. The lowest BCUT2D eigenvalue weighted by Crippen LogP contribution is -2.31. The van der Waals surface area contributed by atoms with Crippen LogP contribution in [0.25, 0.3) is 16.7 Å². The lowest BCUT2D eigenvalue weighted by Gasteiger charge is -2.24. The molecule has 1 unspecified atom stereocenters. The first-order valence-electron chi connectivity index (χ1n) is 11.5. The third-order valence-corrected chi connectivity index (χ3v) is 5.91. The van der Waals surface area contributed by atoms with E-state index in [1.807, 2.05) is 24.3 Å². The first kappa shape index (κ1) is 23.6. The number of Topliss-reactive ketones (excluding diaryl/α,β-unsaturated/α-hetero) is 1. The Kier molecular flexibility index (Phi) is 7.03. The van der Waals surface area contributed by atoms with E-state index in [0.29, 0.717) is 43.4 Å². The van der Waals surface area contributed by atoms with Crippen LogP contribution in [0.1, 0.15) is 37.4 Å². The minimum atomic E-state index is -0.704. The Hall–Kier alpha value is -3.58. The molecular formula is C27H30N2O5. The first-order valence-corrected chi connectivity index (χ1v) is 11.5. The molecule has 1 aliphatic rings. The van der Waals surface area contributed by atoms with Gasteiger partial charge in [0.2, 0.25) is 0 Å². The van der Waals surface area contributed by atoms with Crippen molar-refractivity contribution in [3.8, 4) is 5.75 Å². The lowest BCUT2D eigenvalue weighted by molar-refractivity contribution is -0.140. The van der Waals surface area contributed by atoms with Crippen LogP contribution in [0.5, 0.6) is 5.75 Å². The number of ketones is 1. The second-order valence-electron chi connectivity index (χ2n) is 8.86. The Labute approximate surface area is 199 Å². The van der Waals surface area contributed by atoms with Crippen LogP contribution in [-0.4, -0.2) is 53.5 Å². The van der Waals surface area contributed by atoms with Gasteiger partial charge in [0, 0.05) is 48.5 Å². The zero-order valence-electron chi connectivity index (χ0n) is 19.7. The number of aromatic nitrogens is 1. The van der Waals surface area contributed by atoms with Crippen molar-refractivity contribution in [1.29, 1.82) is 0 Å². The fourth-order valence-electron chi connectivity index (χ4n) is 4.26. The molecule has 2 N–H and O–H groups in total. The zero-order valence-corrected chi connectivity index (χ0v) is 19.7. The molecule has 2 heterocycles. The summed E-state index contributed by atoms with van der Waals surface area (Å²) in [6.07, 6.45) is 2.38. The van der Waals surface area contributed by atoms with Gasteiger partial charge in [-0.15, -0.1) is 0 Å². The third-order valence-electron chi connectivity index (χ3n) is 5.91. The summed E-state index contributed by atoms with van der Waals surface area (Å²) in [5.74, 6) is -0.440. The Morgan fingerprint density at radius 1 is 1.12 bits per heavy atom. The van der Waals surface area contributed by atoms with E-state index in [1.54, 1.807) is 37.6 Å². The molecule has 2 aromatic carbocycles. The van der Waals surface area contributed by atoms with E-state index in [1.165, 1.54) is 4.90 Å². The van der Waals surface area contributed by atoms with Crippen molar-refractivity contribution in [2.45, 2.75) is 26.3 Å². The number of aromatic amines is 1. The van der Waals surface area contributed by atoms with E-state index in [0.717, 1.165) is 16.5 Å². The van der Waals surface area contributed by atoms with Crippen LogP contribution in [0.3, 0.4) is 0 Å². The van der Waals surface area contributed by atoms with Crippen molar-refractivity contribution >= 4 is 28.4 Å². The van der Waals surface area contributed by atoms with E-state index in [9.17, 15) is 14.7 Å². The number of hydrogen-bond acceptors (Lipinski definition) is 5. The number of nitrogens with one attached hydrogen (secondary N) is 1. The number of nitrogens with zero attached hydrogens (tertiary/aromatic N) is 1. The number of para-hydroxylation sites is 1. The molecule has 0 radical (unpaired) electrons. The molecule has 0 aliphatic carbocycles. The molecule has 1 atom stereocenters. The SMILES string of the molecule is COCCCN1C(=O)C(=O)/C(=C(/O)c2ccc(OCC(C)C)cc2)C1c1c[nH]c2ccccc12. The fraction of sp³-hybridized carbons (Fsp3) is 0.333. The normalized spacial score (nSPS) is 17.8. The molecule has 1 fully saturated rings. The maximum atomic E-state index is 13.2. The first-order chi connectivity index (χ1) is 16.4. The van der Waals surface area contributed by atoms with Gasteiger partial charge in [0.05, 0.1) is 18.2 Å². The molecule has 7 heteroatoms. The molecule has 0 spiro atoms. The topological polar surface area (TPSA) is 91.9 Å². The fourth-order valence-corrected chi connectivity index (χ4v) is 4.26. The molecule has 1 amide bonds. The molecule has 1 saturated heterocycles. The van der Waals surface area contributed by atoms with Gasteiger partial charge in [0.25, 0.3) is 11.7 Å². The number of amides is 1. The predicted octanol–water partition coefficient (Wildman–Crippen LogP) is 4.66. The summed E-state index contributed by atoms with van der Waals surface area (Å²) < 4.78 is 10.9. The van der Waals surface area contributed by atoms with Crippen molar-refractivity contribution in [3.63, 3.8) is 0 Å². The molecule has 4 rings (SSSR count). The Bertz CT molecular complexity index is 1210. The summed E-state index contributed by atoms with van der Waals surface area (Å²) in [6, 6.07) is 13.9. The number of hydrogen-bond donors (Lipinski definition) is 2. The largest absolute Gasteiger partial charge is 0.507 e. The van der Waals surface area contributed by atoms with Crippen LogP contribution in [0, 0.1) is 5.92 Å². The standard InChI is InChI=1S/C27H30N2O5/c1-17(2)16-34-19-11-9-18(10-12-19)25(30)23-24(21-15-28-22-8-5-4-7-20(21)22)29(13-6-14-33-3)27(32)26(23)31/h4-5,7-12,15,17,24,28,30H,6,13-14,16H2,1-3H3/b25-23+. The third kappa shape index (κ3) is 4.56. The number of fused-ring (bicyclic) bond motifs is 1. The minimum Gasteiger partial charge on any atom is -0.507 e. The molecule has 3 aromatic rings. The Morgan fingerprint density at radius 3 is 2.56 bits per heavy atom. The molecule has 178 valence electrons. The van der Waals surface area contributed by atoms with Crippen LogP contribution in [-0.2, 0) is 14.3 Å². The minimum absolute atomic E-state index is 0.0861. The maximum Gasteiger partial charge on any atom is 0.295 e. The summed E-state index contributed by atoms with van der Waals surface area (Å²) >= 11 is 0. The average Bonchev–Trinajstić information content (AvgIpc) is 3.37. The van der Waals surface area contributed by atoms with Crippen LogP contribution < -0.4 is 4.74 Å². The number of rotatable bonds is 9. The van der Waals surface area contributed by atoms with Gasteiger partial charge in [-0.05, 0) is 42.7 Å². The molecule has 0 saturated carbocycles. The van der Waals surface area contributed by atoms with Crippen molar-refractivity contribution in [2.75, 3.05) is 26.9 Å². The van der Waals surface area contributed by atoms with Crippen molar-refractivity contribution in [3.05, 3.63) is 71.4 Å². The number of ether oxygens (including phenoxy) is 2. The van der Waals surface area contributed by atoms with Crippen molar-refractivity contribution < 1.29 is 24.2 Å². The summed E-state index contributed by atoms with van der Waals surface area (Å²) in [7, 11) is 1.60. The summed E-state index contributed by atoms with van der Waals surface area (Å²) in [5, 5.41) is 12.2. The highest BCUT2D eigenvalue weighted by Gasteiger charge is 2.46. The van der Waals surface area contributed by atoms with Crippen LogP contribution >= 0.6 is 0 Å². The highest BCUT2D eigenvalue weighted by molar-refractivity contribution is 6.46. The van der Waals surface area contributed by atoms with Gasteiger partial charge >= 0.3 is 0 Å². The molecule has 1 aromatic heterocycles. The number of likely N-dealkylation sites (tertiary alicyclic amines) is 1. The monoisotopic (exact) mass is 462 g/mol. The number of carbonyl (C=O) groups is 2. The van der Waals surface area contributed by atoms with E-state index >= 15 is 0 Å². The average molecular weight is 463 g/mol. The van der Waals surface area contributed by atoms with Gasteiger partial charge in [-0.1, -0.05) is 32.0 Å². The van der Waals surface area contributed by atoms with Crippen molar-refractivity contribution in [2.24, 2.45) is 5.92 Å². The highest BCUT2D eigenvalue weighted by Crippen LogP contribution is 2.42. The van der Waals surface area contributed by atoms with Gasteiger partial charge in [-0.2, -0.15) is 0 Å². The van der Waals surface area contributed by atoms with Crippen molar-refractivity contribution in [1.82, 2.24) is 9.88 Å². The number of carbonyl (C=O) groups excluding carboxylic acids is 2. The van der Waals surface area contributed by atoms with Gasteiger partial charge in [-0.25, -0.2) is 0 Å². The predicted molar refractivity (Wildman–Crippen MR) is 131 cm³/mol. The van der Waals surface area contributed by atoms with Gasteiger partial charge in [0.1, 0.15) is 11.5 Å². The van der Waals surface area contributed by atoms with Crippen LogP contribution in [0.4, 0.5) is 0 Å². The zero-order chi connectivity index (χ0) is 24.2. The second kappa shape index (κ2) is 10.1. The summed E-state index contributed by atoms with van der Waals surface area (Å²) in [6.45, 7) is 5.51. The van der Waals surface area contributed by atoms with E-state index in [2.05, 4.69) is 18.8 Å². The Morgan fingerprint density at radius 2 is 1.85 bits per heavy atom. The van der Waals surface area contributed by atoms with E-state index < -0.39 is 17.7 Å². The summed E-state index contributed by atoms with van der Waals surface area (Å²) in [5.41, 5.74) is 2.21. The lowest BCUT2D eigenvalue weighted by atomic mass is 9.95. The number of methoxy groups -OCH3 is 1. The molecule has 7 nitrogen and oxygen atoms in total. The molecule has 1 aliphatic heterocycles. The van der Waals surface area contributed by atoms with Gasteiger partial charge < -0.3 is 24.5 Å². The second-order valence-corrected chi connectivity index (χ2v) is 8.86.